The van der Waals surface area contributed by atoms with Crippen LogP contribution in [0.3, 0.4) is 0 Å². The van der Waals surface area contributed by atoms with Crippen LogP contribution in [0.2, 0.25) is 0 Å². The van der Waals surface area contributed by atoms with Gasteiger partial charge in [0.2, 0.25) is 0 Å². The van der Waals surface area contributed by atoms with Gasteiger partial charge in [-0.1, -0.05) is 18.2 Å². The maximum atomic E-state index is 12.2. The molecule has 0 aliphatic heterocycles. The van der Waals surface area contributed by atoms with Gasteiger partial charge in [-0.15, -0.1) is 0 Å². The Bertz CT molecular complexity index is 647. The Hall–Kier alpha value is -1.98. The quantitative estimate of drug-likeness (QED) is 0.834. The summed E-state index contributed by atoms with van der Waals surface area (Å²) in [5.74, 6) is -0.526. The zero-order valence-corrected chi connectivity index (χ0v) is 12.7. The van der Waals surface area contributed by atoms with Gasteiger partial charge in [-0.2, -0.15) is 11.3 Å². The molecule has 4 nitrogen and oxygen atoms in total. The molecule has 1 aromatic carbocycles. The Morgan fingerprint density at radius 3 is 2.48 bits per heavy atom. The molecular weight excluding hydrogens is 286 g/mol. The van der Waals surface area contributed by atoms with Crippen LogP contribution in [0, 0.1) is 0 Å². The van der Waals surface area contributed by atoms with Crippen LogP contribution in [-0.4, -0.2) is 23.3 Å². The highest BCUT2D eigenvalue weighted by Gasteiger charge is 2.25. The van der Waals surface area contributed by atoms with Crippen LogP contribution in [0.4, 0.5) is 0 Å². The fraction of sp³-hybridized carbons (Fsp3) is 0.250. The fourth-order valence-electron chi connectivity index (χ4n) is 2.01. The van der Waals surface area contributed by atoms with E-state index in [2.05, 4.69) is 5.32 Å². The molecule has 0 spiro atoms. The number of amides is 1. The SMILES string of the molecule is CC(=O)c1ccccc1C(=O)NCC(C)(O)c1ccsc1. The van der Waals surface area contributed by atoms with Gasteiger partial charge in [0.05, 0.1) is 12.1 Å². The van der Waals surface area contributed by atoms with Crippen LogP contribution in [-0.2, 0) is 5.60 Å². The molecule has 0 fully saturated rings. The molecule has 0 saturated carbocycles. The van der Waals surface area contributed by atoms with E-state index in [1.165, 1.54) is 18.3 Å². The summed E-state index contributed by atoms with van der Waals surface area (Å²) < 4.78 is 0. The second-order valence-electron chi connectivity index (χ2n) is 5.07. The van der Waals surface area contributed by atoms with Crippen molar-refractivity contribution in [2.75, 3.05) is 6.54 Å². The molecule has 5 heteroatoms. The van der Waals surface area contributed by atoms with Gasteiger partial charge in [-0.3, -0.25) is 9.59 Å². The van der Waals surface area contributed by atoms with E-state index in [4.69, 9.17) is 0 Å². The van der Waals surface area contributed by atoms with Crippen molar-refractivity contribution in [3.8, 4) is 0 Å². The van der Waals surface area contributed by atoms with Gasteiger partial charge in [0, 0.05) is 5.56 Å². The minimum absolute atomic E-state index is 0.0782. The summed E-state index contributed by atoms with van der Waals surface area (Å²) in [7, 11) is 0. The van der Waals surface area contributed by atoms with Crippen LogP contribution in [0.25, 0.3) is 0 Å². The average molecular weight is 303 g/mol. The van der Waals surface area contributed by atoms with Gasteiger partial charge in [0.25, 0.3) is 5.91 Å². The first-order chi connectivity index (χ1) is 9.92. The van der Waals surface area contributed by atoms with E-state index < -0.39 is 5.60 Å². The number of hydrogen-bond donors (Lipinski definition) is 2. The molecule has 1 atom stereocenters. The maximum absolute atomic E-state index is 12.2. The van der Waals surface area contributed by atoms with Gasteiger partial charge in [-0.25, -0.2) is 0 Å². The normalized spacial score (nSPS) is 13.5. The van der Waals surface area contributed by atoms with Crippen LogP contribution in [0.15, 0.2) is 41.1 Å². The number of rotatable bonds is 5. The topological polar surface area (TPSA) is 66.4 Å². The number of Topliss-reactive ketones (excluding diaryl/α,β-unsaturated/α-hetero) is 1. The first kappa shape index (κ1) is 15.4. The third-order valence-corrected chi connectivity index (χ3v) is 3.97. The molecule has 0 aliphatic rings. The van der Waals surface area contributed by atoms with E-state index in [0.717, 1.165) is 5.56 Å². The van der Waals surface area contributed by atoms with Crippen molar-refractivity contribution < 1.29 is 14.7 Å². The van der Waals surface area contributed by atoms with Gasteiger partial charge in [0.15, 0.2) is 5.78 Å². The molecule has 2 rings (SSSR count). The fourth-order valence-corrected chi connectivity index (χ4v) is 2.79. The second kappa shape index (κ2) is 6.20. The van der Waals surface area contributed by atoms with E-state index in [0.29, 0.717) is 11.1 Å². The molecule has 110 valence electrons. The minimum atomic E-state index is -1.14. The second-order valence-corrected chi connectivity index (χ2v) is 5.85. The van der Waals surface area contributed by atoms with Crippen LogP contribution < -0.4 is 5.32 Å². The van der Waals surface area contributed by atoms with E-state index in [1.807, 2.05) is 16.8 Å². The summed E-state index contributed by atoms with van der Waals surface area (Å²) in [6.07, 6.45) is 0. The third kappa shape index (κ3) is 3.56. The van der Waals surface area contributed by atoms with Crippen molar-refractivity contribution in [1.82, 2.24) is 5.32 Å². The van der Waals surface area contributed by atoms with E-state index in [1.54, 1.807) is 31.2 Å². The zero-order chi connectivity index (χ0) is 15.5. The summed E-state index contributed by atoms with van der Waals surface area (Å²) in [5.41, 5.74) is 0.324. The van der Waals surface area contributed by atoms with E-state index >= 15 is 0 Å². The van der Waals surface area contributed by atoms with Gasteiger partial charge in [0.1, 0.15) is 5.60 Å². The molecule has 1 heterocycles. The highest BCUT2D eigenvalue weighted by molar-refractivity contribution is 7.08. The van der Waals surface area contributed by atoms with Crippen LogP contribution in [0.1, 0.15) is 40.1 Å². The summed E-state index contributed by atoms with van der Waals surface area (Å²) in [5, 5.41) is 16.8. The standard InChI is InChI=1S/C16H17NO3S/c1-11(18)13-5-3-4-6-14(13)15(19)17-10-16(2,20)12-7-8-21-9-12/h3-9,20H,10H2,1-2H3,(H,17,19). The van der Waals surface area contributed by atoms with Gasteiger partial charge >= 0.3 is 0 Å². The number of nitrogens with one attached hydrogen (secondary N) is 1. The summed E-state index contributed by atoms with van der Waals surface area (Å²) in [4.78, 5) is 23.7. The predicted molar refractivity (Wildman–Crippen MR) is 82.7 cm³/mol. The van der Waals surface area contributed by atoms with Crippen molar-refractivity contribution in [2.45, 2.75) is 19.4 Å². The highest BCUT2D eigenvalue weighted by atomic mass is 32.1. The third-order valence-electron chi connectivity index (χ3n) is 3.29. The Labute approximate surface area is 127 Å². The van der Waals surface area contributed by atoms with Crippen LogP contribution in [0.5, 0.6) is 0 Å². The van der Waals surface area contributed by atoms with Crippen molar-refractivity contribution >= 4 is 23.0 Å². The molecule has 2 aromatic rings. The summed E-state index contributed by atoms with van der Waals surface area (Å²) >= 11 is 1.49. The summed E-state index contributed by atoms with van der Waals surface area (Å²) in [6, 6.07) is 8.47. The molecule has 2 N–H and O–H groups in total. The number of benzene rings is 1. The lowest BCUT2D eigenvalue weighted by molar-refractivity contribution is 0.0530. The molecular formula is C16H17NO3S. The highest BCUT2D eigenvalue weighted by Crippen LogP contribution is 2.22. The Morgan fingerprint density at radius 1 is 1.24 bits per heavy atom. The zero-order valence-electron chi connectivity index (χ0n) is 11.9. The van der Waals surface area contributed by atoms with Crippen molar-refractivity contribution in [3.63, 3.8) is 0 Å². The molecule has 1 amide bonds. The number of ketones is 1. The van der Waals surface area contributed by atoms with Crippen molar-refractivity contribution in [3.05, 3.63) is 57.8 Å². The smallest absolute Gasteiger partial charge is 0.252 e. The Kier molecular flexibility index (Phi) is 4.55. The lowest BCUT2D eigenvalue weighted by atomic mass is 9.98. The van der Waals surface area contributed by atoms with Gasteiger partial charge in [-0.05, 0) is 42.3 Å². The van der Waals surface area contributed by atoms with Crippen molar-refractivity contribution in [2.24, 2.45) is 0 Å². The molecule has 0 saturated heterocycles. The lowest BCUT2D eigenvalue weighted by Gasteiger charge is -2.23. The molecule has 0 bridgehead atoms. The average Bonchev–Trinajstić information content (AvgIpc) is 3.00. The van der Waals surface area contributed by atoms with Gasteiger partial charge < -0.3 is 10.4 Å². The van der Waals surface area contributed by atoms with Crippen LogP contribution >= 0.6 is 11.3 Å². The molecule has 21 heavy (non-hydrogen) atoms. The number of carbonyl (C=O) groups is 2. The first-order valence-corrected chi connectivity index (χ1v) is 7.49. The number of thiophene rings is 1. The monoisotopic (exact) mass is 303 g/mol. The number of carbonyl (C=O) groups excluding carboxylic acids is 2. The van der Waals surface area contributed by atoms with Crippen molar-refractivity contribution in [1.29, 1.82) is 0 Å². The largest absolute Gasteiger partial charge is 0.384 e. The predicted octanol–water partition coefficient (Wildman–Crippen LogP) is 2.59. The first-order valence-electron chi connectivity index (χ1n) is 6.55. The Balaban J connectivity index is 2.11. The Morgan fingerprint density at radius 2 is 1.90 bits per heavy atom. The molecule has 0 radical (unpaired) electrons. The summed E-state index contributed by atoms with van der Waals surface area (Å²) in [6.45, 7) is 3.15. The molecule has 0 aliphatic carbocycles. The van der Waals surface area contributed by atoms with E-state index in [9.17, 15) is 14.7 Å². The maximum Gasteiger partial charge on any atom is 0.252 e. The number of hydrogen-bond acceptors (Lipinski definition) is 4. The molecule has 1 aromatic heterocycles. The van der Waals surface area contributed by atoms with E-state index in [-0.39, 0.29) is 18.2 Å². The lowest BCUT2D eigenvalue weighted by Crippen LogP contribution is -2.38. The number of aliphatic hydroxyl groups is 1. The minimum Gasteiger partial charge on any atom is -0.384 e. The molecule has 1 unspecified atom stereocenters.